The summed E-state index contributed by atoms with van der Waals surface area (Å²) in [6, 6.07) is 0. The molecule has 8 unspecified atom stereocenters. The maximum atomic E-state index is 5.69. The van der Waals surface area contributed by atoms with Gasteiger partial charge in [-0.25, -0.2) is 0 Å². The van der Waals surface area contributed by atoms with Gasteiger partial charge in [0.2, 0.25) is 0 Å². The standard InChI is InChI=1S/C11H20O.C9H16O.C7H14O2/c1-4-8(2)9-5-6-11(3)10(7-9)12-11;1-2-3-7-4-5-8-9(6-7)10-8;1-2-3-4-8-5-7-6-9-7/h8-10H,4-7H2,1-3H3;7-9H,2-6H2,1H3;7H,2-6H2,1H3. The fraction of sp³-hybridized carbons (Fsp3) is 1.00. The molecule has 0 radical (unpaired) electrons. The predicted octanol–water partition coefficient (Wildman–Crippen LogP) is 6.55. The van der Waals surface area contributed by atoms with Crippen LogP contribution in [0.3, 0.4) is 0 Å². The van der Waals surface area contributed by atoms with Gasteiger partial charge in [-0.05, 0) is 69.6 Å². The van der Waals surface area contributed by atoms with Crippen LogP contribution in [0.2, 0.25) is 0 Å². The van der Waals surface area contributed by atoms with E-state index < -0.39 is 0 Å². The van der Waals surface area contributed by atoms with Gasteiger partial charge < -0.3 is 18.9 Å². The highest BCUT2D eigenvalue weighted by Gasteiger charge is 2.55. The molecule has 182 valence electrons. The number of rotatable bonds is 9. The molecule has 0 spiro atoms. The summed E-state index contributed by atoms with van der Waals surface area (Å²) in [5, 5.41) is 0. The van der Waals surface area contributed by atoms with Crippen LogP contribution in [-0.4, -0.2) is 49.8 Å². The van der Waals surface area contributed by atoms with Crippen LogP contribution in [-0.2, 0) is 18.9 Å². The van der Waals surface area contributed by atoms with Crippen LogP contribution in [0.1, 0.15) is 105 Å². The molecule has 5 aliphatic rings. The van der Waals surface area contributed by atoms with E-state index in [4.69, 9.17) is 18.9 Å². The summed E-state index contributed by atoms with van der Waals surface area (Å²) in [6.45, 7) is 14.0. The van der Waals surface area contributed by atoms with E-state index in [1.54, 1.807) is 0 Å². The van der Waals surface area contributed by atoms with Crippen LogP contribution < -0.4 is 0 Å². The van der Waals surface area contributed by atoms with Gasteiger partial charge >= 0.3 is 0 Å². The summed E-state index contributed by atoms with van der Waals surface area (Å²) in [6.07, 6.45) is 17.1. The molecule has 4 heteroatoms. The first-order chi connectivity index (χ1) is 15.0. The van der Waals surface area contributed by atoms with Gasteiger partial charge in [0.05, 0.1) is 37.1 Å². The first-order valence-electron chi connectivity index (χ1n) is 13.5. The van der Waals surface area contributed by atoms with Crippen molar-refractivity contribution in [3.05, 3.63) is 0 Å². The van der Waals surface area contributed by atoms with Crippen molar-refractivity contribution < 1.29 is 18.9 Å². The summed E-state index contributed by atoms with van der Waals surface area (Å²) in [4.78, 5) is 0. The zero-order valence-electron chi connectivity index (χ0n) is 21.1. The SMILES string of the molecule is CCC(C)C1CCC2(C)OC2C1.CCCC1CCC2OC2C1.CCCCOCC1CO1. The Morgan fingerprint density at radius 1 is 1.03 bits per heavy atom. The zero-order valence-corrected chi connectivity index (χ0v) is 21.1. The van der Waals surface area contributed by atoms with Crippen LogP contribution in [0, 0.1) is 17.8 Å². The number of epoxide rings is 3. The van der Waals surface area contributed by atoms with E-state index in [-0.39, 0.29) is 0 Å². The van der Waals surface area contributed by atoms with Crippen molar-refractivity contribution in [1.29, 1.82) is 0 Å². The van der Waals surface area contributed by atoms with E-state index >= 15 is 0 Å². The Morgan fingerprint density at radius 3 is 2.45 bits per heavy atom. The van der Waals surface area contributed by atoms with Crippen molar-refractivity contribution in [2.24, 2.45) is 17.8 Å². The third-order valence-electron chi connectivity index (χ3n) is 8.17. The molecular weight excluding hydrogens is 388 g/mol. The summed E-state index contributed by atoms with van der Waals surface area (Å²) >= 11 is 0. The van der Waals surface area contributed by atoms with E-state index in [2.05, 4.69) is 34.6 Å². The van der Waals surface area contributed by atoms with Crippen molar-refractivity contribution in [1.82, 2.24) is 0 Å². The Balaban J connectivity index is 0.000000133. The first-order valence-corrected chi connectivity index (χ1v) is 13.5. The highest BCUT2D eigenvalue weighted by molar-refractivity contribution is 5.03. The molecule has 5 fully saturated rings. The minimum Gasteiger partial charge on any atom is -0.379 e. The van der Waals surface area contributed by atoms with E-state index in [1.165, 1.54) is 70.6 Å². The highest BCUT2D eigenvalue weighted by Crippen LogP contribution is 2.51. The second kappa shape index (κ2) is 12.3. The van der Waals surface area contributed by atoms with Gasteiger partial charge in [-0.2, -0.15) is 0 Å². The quantitative estimate of drug-likeness (QED) is 0.303. The van der Waals surface area contributed by atoms with Crippen molar-refractivity contribution in [2.45, 2.75) is 135 Å². The van der Waals surface area contributed by atoms with E-state index in [0.29, 0.717) is 30.0 Å². The molecule has 0 aromatic carbocycles. The molecule has 0 aromatic heterocycles. The largest absolute Gasteiger partial charge is 0.379 e. The Labute approximate surface area is 192 Å². The molecule has 0 amide bonds. The fourth-order valence-electron chi connectivity index (χ4n) is 5.31. The average molecular weight is 439 g/mol. The lowest BCUT2D eigenvalue weighted by atomic mass is 9.76. The molecule has 0 N–H and O–H groups in total. The summed E-state index contributed by atoms with van der Waals surface area (Å²) < 4.78 is 21.4. The van der Waals surface area contributed by atoms with Crippen LogP contribution in [0.4, 0.5) is 0 Å². The monoisotopic (exact) mass is 438 g/mol. The minimum absolute atomic E-state index is 0.309. The maximum Gasteiger partial charge on any atom is 0.104 e. The predicted molar refractivity (Wildman–Crippen MR) is 126 cm³/mol. The molecule has 31 heavy (non-hydrogen) atoms. The van der Waals surface area contributed by atoms with E-state index in [1.807, 2.05) is 0 Å². The second-order valence-electron chi connectivity index (χ2n) is 10.9. The Morgan fingerprint density at radius 2 is 1.84 bits per heavy atom. The molecule has 0 aromatic rings. The van der Waals surface area contributed by atoms with E-state index in [9.17, 15) is 0 Å². The average Bonchev–Trinajstić information content (AvgIpc) is 3.65. The molecule has 8 atom stereocenters. The number of unbranched alkanes of at least 4 members (excludes halogenated alkanes) is 1. The molecular formula is C27H50O4. The molecule has 5 rings (SSSR count). The molecule has 2 saturated carbocycles. The van der Waals surface area contributed by atoms with E-state index in [0.717, 1.165) is 37.6 Å². The molecule has 3 saturated heterocycles. The van der Waals surface area contributed by atoms with Gasteiger partial charge in [0.15, 0.2) is 0 Å². The Hall–Kier alpha value is -0.160. The summed E-state index contributed by atoms with van der Waals surface area (Å²) in [5.41, 5.74) is 0.309. The molecule has 4 nitrogen and oxygen atoms in total. The van der Waals surface area contributed by atoms with Crippen molar-refractivity contribution in [2.75, 3.05) is 19.8 Å². The lowest BCUT2D eigenvalue weighted by molar-refractivity contribution is 0.114. The number of ether oxygens (including phenoxy) is 4. The van der Waals surface area contributed by atoms with Crippen LogP contribution in [0.5, 0.6) is 0 Å². The molecule has 3 heterocycles. The normalized spacial score (nSPS) is 40.2. The van der Waals surface area contributed by atoms with Gasteiger partial charge in [-0.1, -0.05) is 53.4 Å². The first kappa shape index (κ1) is 25.5. The van der Waals surface area contributed by atoms with Crippen LogP contribution >= 0.6 is 0 Å². The van der Waals surface area contributed by atoms with Gasteiger partial charge in [-0.15, -0.1) is 0 Å². The summed E-state index contributed by atoms with van der Waals surface area (Å²) in [7, 11) is 0. The third kappa shape index (κ3) is 8.61. The zero-order chi connectivity index (χ0) is 22.3. The minimum atomic E-state index is 0.309. The topological polar surface area (TPSA) is 46.8 Å². The van der Waals surface area contributed by atoms with Crippen LogP contribution in [0.25, 0.3) is 0 Å². The van der Waals surface area contributed by atoms with Gasteiger partial charge in [0, 0.05) is 6.61 Å². The molecule has 0 bridgehead atoms. The smallest absolute Gasteiger partial charge is 0.104 e. The molecule has 2 aliphatic carbocycles. The van der Waals surface area contributed by atoms with Crippen molar-refractivity contribution >= 4 is 0 Å². The summed E-state index contributed by atoms with van der Waals surface area (Å²) in [5.74, 6) is 2.84. The highest BCUT2D eigenvalue weighted by atomic mass is 16.6. The van der Waals surface area contributed by atoms with Crippen molar-refractivity contribution in [3.63, 3.8) is 0 Å². The number of fused-ring (bicyclic) bond motifs is 2. The molecule has 3 aliphatic heterocycles. The number of hydrogen-bond acceptors (Lipinski definition) is 4. The maximum absolute atomic E-state index is 5.69. The fourth-order valence-corrected chi connectivity index (χ4v) is 5.31. The lowest BCUT2D eigenvalue weighted by Gasteiger charge is -2.26. The van der Waals surface area contributed by atoms with Gasteiger partial charge in [-0.3, -0.25) is 0 Å². The second-order valence-corrected chi connectivity index (χ2v) is 10.9. The Kier molecular flexibility index (Phi) is 10.1. The van der Waals surface area contributed by atoms with Gasteiger partial charge in [0.25, 0.3) is 0 Å². The van der Waals surface area contributed by atoms with Crippen LogP contribution in [0.15, 0.2) is 0 Å². The number of hydrogen-bond donors (Lipinski definition) is 0. The Bertz CT molecular complexity index is 507. The third-order valence-corrected chi connectivity index (χ3v) is 8.17. The lowest BCUT2D eigenvalue weighted by Crippen LogP contribution is -2.24. The van der Waals surface area contributed by atoms with Gasteiger partial charge in [0.1, 0.15) is 6.10 Å². The van der Waals surface area contributed by atoms with Crippen molar-refractivity contribution in [3.8, 4) is 0 Å².